The molecule has 0 saturated carbocycles. The maximum Gasteiger partial charge on any atom is 0.282 e. The van der Waals surface area contributed by atoms with Crippen LogP contribution in [0.1, 0.15) is 13.8 Å². The Balaban J connectivity index is 2.38. The van der Waals surface area contributed by atoms with Crippen LogP contribution < -0.4 is 10.4 Å². The molecule has 17 heavy (non-hydrogen) atoms. The quantitative estimate of drug-likeness (QED) is 0.592. The second kappa shape index (κ2) is 4.01. The van der Waals surface area contributed by atoms with Crippen LogP contribution in [-0.2, 0) is 9.59 Å². The Kier molecular flexibility index (Phi) is 2.67. The van der Waals surface area contributed by atoms with Crippen LogP contribution in [-0.4, -0.2) is 11.8 Å². The van der Waals surface area contributed by atoms with Gasteiger partial charge in [-0.15, -0.1) is 0 Å². The number of hydrogen-bond acceptors (Lipinski definition) is 2. The number of nitrogens with zero attached hydrogens (tertiary/aromatic N) is 1. The van der Waals surface area contributed by atoms with Gasteiger partial charge in [0.05, 0.1) is 5.69 Å². The first-order chi connectivity index (χ1) is 8.00. The third-order valence-corrected chi connectivity index (χ3v) is 2.44. The molecule has 0 aliphatic carbocycles. The SMILES string of the molecule is CC(C)=C1C(=O)NN(c2ccc(F)cc2)C1=O. The fourth-order valence-electron chi connectivity index (χ4n) is 1.63. The molecule has 1 aliphatic rings. The molecule has 0 unspecified atom stereocenters. The number of halogens is 1. The number of allylic oxidation sites excluding steroid dienone is 1. The number of amides is 2. The van der Waals surface area contributed by atoms with Gasteiger partial charge in [0, 0.05) is 0 Å². The van der Waals surface area contributed by atoms with E-state index in [1.807, 2.05) is 0 Å². The zero-order valence-corrected chi connectivity index (χ0v) is 9.45. The van der Waals surface area contributed by atoms with E-state index in [4.69, 9.17) is 0 Å². The van der Waals surface area contributed by atoms with E-state index < -0.39 is 17.6 Å². The molecule has 0 bridgehead atoms. The van der Waals surface area contributed by atoms with Gasteiger partial charge in [0.25, 0.3) is 11.8 Å². The number of hydrogen-bond donors (Lipinski definition) is 1. The number of anilines is 1. The second-order valence-corrected chi connectivity index (χ2v) is 3.93. The summed E-state index contributed by atoms with van der Waals surface area (Å²) in [6.45, 7) is 3.39. The summed E-state index contributed by atoms with van der Waals surface area (Å²) in [6.07, 6.45) is 0. The first kappa shape index (κ1) is 11.3. The predicted octanol–water partition coefficient (Wildman–Crippen LogP) is 1.54. The fourth-order valence-corrected chi connectivity index (χ4v) is 1.63. The predicted molar refractivity (Wildman–Crippen MR) is 60.4 cm³/mol. The van der Waals surface area contributed by atoms with Crippen LogP contribution in [0.2, 0.25) is 0 Å². The van der Waals surface area contributed by atoms with E-state index in [1.165, 1.54) is 24.3 Å². The standard InChI is InChI=1S/C12H11FN2O2/c1-7(2)10-11(16)14-15(12(10)17)9-5-3-8(13)4-6-9/h3-6H,1-2H3,(H,14,16). The molecule has 1 N–H and O–H groups in total. The van der Waals surface area contributed by atoms with E-state index in [0.717, 1.165) is 5.01 Å². The molecular weight excluding hydrogens is 223 g/mol. The highest BCUT2D eigenvalue weighted by Crippen LogP contribution is 2.21. The van der Waals surface area contributed by atoms with Crippen molar-refractivity contribution in [1.82, 2.24) is 5.43 Å². The number of carbonyl (C=O) groups is 2. The maximum absolute atomic E-state index is 12.8. The van der Waals surface area contributed by atoms with Crippen molar-refractivity contribution in [3.8, 4) is 0 Å². The van der Waals surface area contributed by atoms with Crippen LogP contribution in [0, 0.1) is 5.82 Å². The Labute approximate surface area is 97.7 Å². The van der Waals surface area contributed by atoms with Gasteiger partial charge < -0.3 is 0 Å². The Morgan fingerprint density at radius 3 is 2.24 bits per heavy atom. The average Bonchev–Trinajstić information content (AvgIpc) is 2.55. The lowest BCUT2D eigenvalue weighted by atomic mass is 10.1. The summed E-state index contributed by atoms with van der Waals surface area (Å²) in [7, 11) is 0. The van der Waals surface area contributed by atoms with Crippen molar-refractivity contribution in [3.63, 3.8) is 0 Å². The van der Waals surface area contributed by atoms with Gasteiger partial charge in [0.15, 0.2) is 0 Å². The third-order valence-electron chi connectivity index (χ3n) is 2.44. The monoisotopic (exact) mass is 234 g/mol. The largest absolute Gasteiger partial charge is 0.282 e. The highest BCUT2D eigenvalue weighted by atomic mass is 19.1. The van der Waals surface area contributed by atoms with Gasteiger partial charge >= 0.3 is 0 Å². The third kappa shape index (κ3) is 1.91. The van der Waals surface area contributed by atoms with E-state index in [2.05, 4.69) is 5.43 Å². The fraction of sp³-hybridized carbons (Fsp3) is 0.167. The molecule has 5 heteroatoms. The van der Waals surface area contributed by atoms with E-state index >= 15 is 0 Å². The Morgan fingerprint density at radius 2 is 1.76 bits per heavy atom. The van der Waals surface area contributed by atoms with E-state index in [-0.39, 0.29) is 5.57 Å². The smallest absolute Gasteiger partial charge is 0.267 e. The lowest BCUT2D eigenvalue weighted by Gasteiger charge is -2.14. The summed E-state index contributed by atoms with van der Waals surface area (Å²) in [4.78, 5) is 23.5. The summed E-state index contributed by atoms with van der Waals surface area (Å²) in [5.41, 5.74) is 3.65. The highest BCUT2D eigenvalue weighted by molar-refractivity contribution is 6.29. The molecule has 0 radical (unpaired) electrons. The van der Waals surface area contributed by atoms with Crippen LogP contribution >= 0.6 is 0 Å². The van der Waals surface area contributed by atoms with Gasteiger partial charge in [-0.25, -0.2) is 9.40 Å². The molecule has 1 aromatic carbocycles. The lowest BCUT2D eigenvalue weighted by molar-refractivity contribution is -0.117. The maximum atomic E-state index is 12.8. The number of hydrazine groups is 1. The Bertz CT molecular complexity index is 516. The van der Waals surface area contributed by atoms with Gasteiger partial charge in [-0.1, -0.05) is 5.57 Å². The number of benzene rings is 1. The van der Waals surface area contributed by atoms with E-state index in [1.54, 1.807) is 13.8 Å². The van der Waals surface area contributed by atoms with Gasteiger partial charge in [-0.2, -0.15) is 0 Å². The van der Waals surface area contributed by atoms with Crippen LogP contribution in [0.3, 0.4) is 0 Å². The van der Waals surface area contributed by atoms with Crippen LogP contribution in [0.25, 0.3) is 0 Å². The molecule has 1 heterocycles. The summed E-state index contributed by atoms with van der Waals surface area (Å²) >= 11 is 0. The minimum atomic E-state index is -0.431. The summed E-state index contributed by atoms with van der Waals surface area (Å²) in [5, 5.41) is 1.12. The number of nitrogens with one attached hydrogen (secondary N) is 1. The number of rotatable bonds is 1. The molecule has 0 aromatic heterocycles. The van der Waals surface area contributed by atoms with Crippen molar-refractivity contribution in [2.45, 2.75) is 13.8 Å². The zero-order chi connectivity index (χ0) is 12.6. The topological polar surface area (TPSA) is 49.4 Å². The first-order valence-corrected chi connectivity index (χ1v) is 5.09. The molecule has 1 aromatic rings. The molecule has 1 aliphatic heterocycles. The summed E-state index contributed by atoms with van der Waals surface area (Å²) < 4.78 is 12.8. The minimum Gasteiger partial charge on any atom is -0.267 e. The first-order valence-electron chi connectivity index (χ1n) is 5.09. The van der Waals surface area contributed by atoms with Crippen molar-refractivity contribution >= 4 is 17.5 Å². The van der Waals surface area contributed by atoms with Gasteiger partial charge in [-0.05, 0) is 38.1 Å². The number of carbonyl (C=O) groups excluding carboxylic acids is 2. The lowest BCUT2D eigenvalue weighted by Crippen LogP contribution is -2.35. The second-order valence-electron chi connectivity index (χ2n) is 3.93. The van der Waals surface area contributed by atoms with Crippen molar-refractivity contribution in [3.05, 3.63) is 41.2 Å². The van der Waals surface area contributed by atoms with Crippen LogP contribution in [0.5, 0.6) is 0 Å². The minimum absolute atomic E-state index is 0.134. The van der Waals surface area contributed by atoms with E-state index in [9.17, 15) is 14.0 Å². The zero-order valence-electron chi connectivity index (χ0n) is 9.45. The molecule has 4 nitrogen and oxygen atoms in total. The Hall–Kier alpha value is -2.17. The van der Waals surface area contributed by atoms with Crippen molar-refractivity contribution < 1.29 is 14.0 Å². The van der Waals surface area contributed by atoms with Crippen LogP contribution in [0.4, 0.5) is 10.1 Å². The normalized spacial score (nSPS) is 15.2. The molecular formula is C12H11FN2O2. The average molecular weight is 234 g/mol. The van der Waals surface area contributed by atoms with Gasteiger partial charge in [-0.3, -0.25) is 15.0 Å². The van der Waals surface area contributed by atoms with Crippen molar-refractivity contribution in [2.24, 2.45) is 0 Å². The molecule has 2 rings (SSSR count). The summed E-state index contributed by atoms with van der Waals surface area (Å²) in [5.74, 6) is -1.24. The van der Waals surface area contributed by atoms with Crippen LogP contribution in [0.15, 0.2) is 35.4 Å². The van der Waals surface area contributed by atoms with Crippen molar-refractivity contribution in [2.75, 3.05) is 5.01 Å². The van der Waals surface area contributed by atoms with Gasteiger partial charge in [0.1, 0.15) is 11.4 Å². The Morgan fingerprint density at radius 1 is 1.18 bits per heavy atom. The molecule has 1 fully saturated rings. The molecule has 1 saturated heterocycles. The molecule has 0 atom stereocenters. The molecule has 0 spiro atoms. The molecule has 88 valence electrons. The van der Waals surface area contributed by atoms with Crippen molar-refractivity contribution in [1.29, 1.82) is 0 Å². The highest BCUT2D eigenvalue weighted by Gasteiger charge is 2.35. The van der Waals surface area contributed by atoms with E-state index in [0.29, 0.717) is 11.3 Å². The summed E-state index contributed by atoms with van der Waals surface area (Å²) in [6, 6.07) is 5.33. The molecule has 2 amide bonds. The van der Waals surface area contributed by atoms with Gasteiger partial charge in [0.2, 0.25) is 0 Å².